The molecule has 0 radical (unpaired) electrons. The minimum atomic E-state index is -0.549. The fourth-order valence-corrected chi connectivity index (χ4v) is 7.03. The van der Waals surface area contributed by atoms with E-state index < -0.39 is 6.04 Å². The third kappa shape index (κ3) is 3.20. The first-order valence-corrected chi connectivity index (χ1v) is 12.3. The van der Waals surface area contributed by atoms with Crippen molar-refractivity contribution in [3.63, 3.8) is 0 Å². The summed E-state index contributed by atoms with van der Waals surface area (Å²) in [6.07, 6.45) is 7.32. The number of hydrogen-bond donors (Lipinski definition) is 2. The van der Waals surface area contributed by atoms with Crippen LogP contribution in [-0.4, -0.2) is 58.7 Å². The Morgan fingerprint density at radius 3 is 2.75 bits per heavy atom. The van der Waals surface area contributed by atoms with Crippen LogP contribution in [0.2, 0.25) is 0 Å². The molecule has 3 saturated heterocycles. The Morgan fingerprint density at radius 1 is 1.06 bits per heavy atom. The van der Waals surface area contributed by atoms with Gasteiger partial charge in [-0.1, -0.05) is 12.1 Å². The van der Waals surface area contributed by atoms with Gasteiger partial charge >= 0.3 is 0 Å². The molecule has 4 atom stereocenters. The van der Waals surface area contributed by atoms with Crippen molar-refractivity contribution < 1.29 is 14.4 Å². The minimum Gasteiger partial charge on any atom is -0.322 e. The van der Waals surface area contributed by atoms with Crippen molar-refractivity contribution in [3.05, 3.63) is 34.9 Å². The molecule has 1 aromatic rings. The lowest BCUT2D eigenvalue weighted by molar-refractivity contribution is -0.136. The van der Waals surface area contributed by atoms with Crippen molar-refractivity contribution in [2.45, 2.75) is 69.6 Å². The summed E-state index contributed by atoms with van der Waals surface area (Å²) < 4.78 is 0. The van der Waals surface area contributed by atoms with Crippen LogP contribution in [0, 0.1) is 11.8 Å². The summed E-state index contributed by atoms with van der Waals surface area (Å²) in [5.74, 6) is 0.924. The molecule has 4 unspecified atom stereocenters. The first-order chi connectivity index (χ1) is 15.5. The van der Waals surface area contributed by atoms with Gasteiger partial charge in [-0.3, -0.25) is 24.6 Å². The first-order valence-electron chi connectivity index (χ1n) is 12.3. The Bertz CT molecular complexity index is 978. The van der Waals surface area contributed by atoms with Crippen molar-refractivity contribution in [2.24, 2.45) is 11.8 Å². The van der Waals surface area contributed by atoms with Gasteiger partial charge in [0.15, 0.2) is 0 Å². The average molecular weight is 437 g/mol. The number of benzene rings is 1. The van der Waals surface area contributed by atoms with Crippen molar-refractivity contribution in [2.75, 3.05) is 19.6 Å². The number of likely N-dealkylation sites (tertiary alicyclic amines) is 1. The number of carbonyl (C=O) groups is 3. The second-order valence-corrected chi connectivity index (χ2v) is 10.5. The summed E-state index contributed by atoms with van der Waals surface area (Å²) in [6.45, 7) is 4.75. The van der Waals surface area contributed by atoms with Gasteiger partial charge < -0.3 is 10.2 Å². The van der Waals surface area contributed by atoms with E-state index >= 15 is 0 Å². The van der Waals surface area contributed by atoms with Crippen LogP contribution in [0.1, 0.15) is 66.4 Å². The van der Waals surface area contributed by atoms with Gasteiger partial charge in [0.05, 0.1) is 0 Å². The van der Waals surface area contributed by atoms with E-state index in [0.717, 1.165) is 42.6 Å². The molecule has 7 heteroatoms. The zero-order valence-electron chi connectivity index (χ0n) is 18.6. The van der Waals surface area contributed by atoms with Crippen LogP contribution < -0.4 is 10.6 Å². The minimum absolute atomic E-state index is 0.0841. The van der Waals surface area contributed by atoms with Crippen molar-refractivity contribution >= 4 is 17.7 Å². The van der Waals surface area contributed by atoms with Crippen molar-refractivity contribution in [1.29, 1.82) is 0 Å². The summed E-state index contributed by atoms with van der Waals surface area (Å²) in [6, 6.07) is 5.68. The van der Waals surface area contributed by atoms with Crippen LogP contribution in [0.15, 0.2) is 18.2 Å². The summed E-state index contributed by atoms with van der Waals surface area (Å²) in [5, 5.41) is 6.25. The highest BCUT2D eigenvalue weighted by Crippen LogP contribution is 2.51. The maximum absolute atomic E-state index is 13.1. The Balaban J connectivity index is 1.14. The van der Waals surface area contributed by atoms with Gasteiger partial charge in [0, 0.05) is 37.2 Å². The largest absolute Gasteiger partial charge is 0.322 e. The lowest BCUT2D eigenvalue weighted by atomic mass is 9.59. The maximum Gasteiger partial charge on any atom is 0.255 e. The van der Waals surface area contributed by atoms with E-state index in [-0.39, 0.29) is 24.1 Å². The predicted octanol–water partition coefficient (Wildman–Crippen LogP) is 1.80. The van der Waals surface area contributed by atoms with E-state index in [2.05, 4.69) is 27.7 Å². The van der Waals surface area contributed by atoms with Crippen molar-refractivity contribution in [1.82, 2.24) is 20.4 Å². The van der Waals surface area contributed by atoms with Crippen LogP contribution in [0.25, 0.3) is 0 Å². The summed E-state index contributed by atoms with van der Waals surface area (Å²) >= 11 is 0. The highest BCUT2D eigenvalue weighted by Gasteiger charge is 2.54. The number of nitrogens with zero attached hydrogens (tertiary/aromatic N) is 2. The average Bonchev–Trinajstić information content (AvgIpc) is 3.25. The van der Waals surface area contributed by atoms with Gasteiger partial charge in [-0.15, -0.1) is 0 Å². The number of amides is 3. The number of hydrogen-bond acceptors (Lipinski definition) is 5. The highest BCUT2D eigenvalue weighted by atomic mass is 16.2. The first kappa shape index (κ1) is 20.4. The van der Waals surface area contributed by atoms with Crippen LogP contribution in [0.3, 0.4) is 0 Å². The smallest absolute Gasteiger partial charge is 0.255 e. The zero-order chi connectivity index (χ0) is 21.9. The number of piperidine rings is 2. The zero-order valence-corrected chi connectivity index (χ0v) is 18.6. The monoisotopic (exact) mass is 436 g/mol. The number of carbonyl (C=O) groups excluding carboxylic acids is 3. The van der Waals surface area contributed by atoms with Gasteiger partial charge in [0.1, 0.15) is 6.04 Å². The van der Waals surface area contributed by atoms with Crippen molar-refractivity contribution in [3.8, 4) is 0 Å². The van der Waals surface area contributed by atoms with Gasteiger partial charge in [0.25, 0.3) is 5.91 Å². The molecule has 0 spiro atoms. The molecule has 4 fully saturated rings. The van der Waals surface area contributed by atoms with Crippen LogP contribution >= 0.6 is 0 Å². The molecule has 32 heavy (non-hydrogen) atoms. The Labute approximate surface area is 188 Å². The quantitative estimate of drug-likeness (QED) is 0.704. The molecular formula is C25H32N4O3. The molecule has 6 rings (SSSR count). The van der Waals surface area contributed by atoms with E-state index in [1.807, 2.05) is 6.07 Å². The number of fused-ring (bicyclic) bond motifs is 2. The fourth-order valence-electron chi connectivity index (χ4n) is 7.03. The molecule has 5 aliphatic rings. The summed E-state index contributed by atoms with van der Waals surface area (Å²) in [5.41, 5.74) is 3.27. The summed E-state index contributed by atoms with van der Waals surface area (Å²) in [4.78, 5) is 41.1. The second kappa shape index (κ2) is 7.66. The predicted molar refractivity (Wildman–Crippen MR) is 119 cm³/mol. The highest BCUT2D eigenvalue weighted by molar-refractivity contribution is 6.05. The number of nitrogens with one attached hydrogen (secondary N) is 2. The van der Waals surface area contributed by atoms with E-state index in [1.165, 1.54) is 44.2 Å². The lowest BCUT2D eigenvalue weighted by Gasteiger charge is -2.53. The maximum atomic E-state index is 13.1. The molecule has 1 saturated carbocycles. The molecule has 1 aliphatic carbocycles. The molecule has 2 N–H and O–H groups in total. The van der Waals surface area contributed by atoms with E-state index in [0.29, 0.717) is 18.5 Å². The van der Waals surface area contributed by atoms with Gasteiger partial charge in [0.2, 0.25) is 11.8 Å². The number of imide groups is 1. The molecule has 3 amide bonds. The molecule has 0 aromatic heterocycles. The normalized spacial score (nSPS) is 34.8. The lowest BCUT2D eigenvalue weighted by Crippen LogP contribution is -2.61. The fraction of sp³-hybridized carbons (Fsp3) is 0.640. The molecule has 170 valence electrons. The second-order valence-electron chi connectivity index (χ2n) is 10.5. The van der Waals surface area contributed by atoms with Gasteiger partial charge in [-0.2, -0.15) is 0 Å². The molecule has 4 aliphatic heterocycles. The molecular weight excluding hydrogens is 404 g/mol. The molecule has 1 aromatic carbocycles. The molecule has 4 heterocycles. The SMILES string of the molecule is O=C1CCC(N2Cc3ccc(CN4CCCC(C56CCC5CCN6)C4)cc3C2=O)C(=O)N1. The molecule has 0 bridgehead atoms. The standard InChI is InChI=1S/C25H32N4O3/c30-22-6-5-21(23(31)27-22)29-14-17-4-3-16(12-20(17)24(29)32)13-28-11-1-2-19(15-28)25-9-7-18(25)8-10-26-25/h3-4,12,18-19,21,26H,1-2,5-11,13-15H2,(H,27,30,31). The Morgan fingerprint density at radius 2 is 1.97 bits per heavy atom. The van der Waals surface area contributed by atoms with Gasteiger partial charge in [-0.05, 0) is 80.6 Å². The number of rotatable bonds is 4. The van der Waals surface area contributed by atoms with E-state index in [4.69, 9.17) is 0 Å². The third-order valence-corrected chi connectivity index (χ3v) is 8.81. The third-order valence-electron chi connectivity index (χ3n) is 8.81. The summed E-state index contributed by atoms with van der Waals surface area (Å²) in [7, 11) is 0. The van der Waals surface area contributed by atoms with Gasteiger partial charge in [-0.25, -0.2) is 0 Å². The Hall–Kier alpha value is -2.25. The van der Waals surface area contributed by atoms with Crippen LogP contribution in [-0.2, 0) is 22.7 Å². The van der Waals surface area contributed by atoms with Crippen LogP contribution in [0.4, 0.5) is 0 Å². The molecule has 7 nitrogen and oxygen atoms in total. The topological polar surface area (TPSA) is 81.8 Å². The van der Waals surface area contributed by atoms with Crippen LogP contribution in [0.5, 0.6) is 0 Å². The van der Waals surface area contributed by atoms with E-state index in [9.17, 15) is 14.4 Å². The Kier molecular flexibility index (Phi) is 4.88. The van der Waals surface area contributed by atoms with E-state index in [1.54, 1.807) is 4.90 Å².